The smallest absolute Gasteiger partial charge is 0.253 e. The molecule has 2 amide bonds. The number of rotatable bonds is 5. The van der Waals surface area contributed by atoms with Crippen LogP contribution < -0.4 is 10.2 Å². The van der Waals surface area contributed by atoms with Crippen molar-refractivity contribution in [3.8, 4) is 0 Å². The Hall–Kier alpha value is -3.93. The van der Waals surface area contributed by atoms with Gasteiger partial charge in [-0.15, -0.1) is 0 Å². The van der Waals surface area contributed by atoms with Gasteiger partial charge in [0.1, 0.15) is 6.04 Å². The number of carbonyl (C=O) groups excluding carboxylic acids is 2. The van der Waals surface area contributed by atoms with E-state index in [2.05, 4.69) is 5.32 Å². The number of aryl methyl sites for hydroxylation is 1. The SMILES string of the molecule is Cc1ccc(NC(=O)C[C@H]2C(=O)N(Cc3ccccc3)c3nc4ccccc4n32)cc1. The average molecular weight is 410 g/mol. The molecule has 0 saturated heterocycles. The van der Waals surface area contributed by atoms with Crippen molar-refractivity contribution in [2.75, 3.05) is 10.2 Å². The van der Waals surface area contributed by atoms with Gasteiger partial charge in [0, 0.05) is 5.69 Å². The second kappa shape index (κ2) is 7.72. The summed E-state index contributed by atoms with van der Waals surface area (Å²) < 4.78 is 1.90. The number of carbonyl (C=O) groups is 2. The number of hydrogen-bond acceptors (Lipinski definition) is 3. The molecule has 5 rings (SSSR count). The van der Waals surface area contributed by atoms with Gasteiger partial charge in [0.15, 0.2) is 0 Å². The number of nitrogens with one attached hydrogen (secondary N) is 1. The predicted octanol–water partition coefficient (Wildman–Crippen LogP) is 4.46. The van der Waals surface area contributed by atoms with Crippen molar-refractivity contribution < 1.29 is 9.59 Å². The lowest BCUT2D eigenvalue weighted by atomic mass is 10.1. The topological polar surface area (TPSA) is 67.2 Å². The molecule has 1 aliphatic heterocycles. The zero-order chi connectivity index (χ0) is 21.4. The second-order valence-corrected chi connectivity index (χ2v) is 7.81. The van der Waals surface area contributed by atoms with Crippen molar-refractivity contribution in [3.05, 3.63) is 90.0 Å². The Balaban J connectivity index is 1.46. The van der Waals surface area contributed by atoms with Gasteiger partial charge in [0.2, 0.25) is 11.9 Å². The molecule has 0 bridgehead atoms. The van der Waals surface area contributed by atoms with Crippen molar-refractivity contribution in [1.29, 1.82) is 0 Å². The Morgan fingerprint density at radius 2 is 1.68 bits per heavy atom. The van der Waals surface area contributed by atoms with E-state index in [0.717, 1.165) is 27.8 Å². The number of nitrogens with zero attached hydrogens (tertiary/aromatic N) is 3. The first-order valence-corrected chi connectivity index (χ1v) is 10.3. The summed E-state index contributed by atoms with van der Waals surface area (Å²) in [7, 11) is 0. The van der Waals surface area contributed by atoms with E-state index in [0.29, 0.717) is 12.5 Å². The number of para-hydroxylation sites is 2. The van der Waals surface area contributed by atoms with Gasteiger partial charge in [0.05, 0.1) is 24.0 Å². The molecule has 6 nitrogen and oxygen atoms in total. The van der Waals surface area contributed by atoms with Crippen LogP contribution in [0.4, 0.5) is 11.6 Å². The van der Waals surface area contributed by atoms with E-state index in [1.807, 2.05) is 90.4 Å². The predicted molar refractivity (Wildman–Crippen MR) is 121 cm³/mol. The fraction of sp³-hybridized carbons (Fsp3) is 0.160. The summed E-state index contributed by atoms with van der Waals surface area (Å²) in [4.78, 5) is 32.6. The summed E-state index contributed by atoms with van der Waals surface area (Å²) in [5.41, 5.74) is 4.52. The number of amides is 2. The summed E-state index contributed by atoms with van der Waals surface area (Å²) >= 11 is 0. The lowest BCUT2D eigenvalue weighted by Gasteiger charge is -2.16. The summed E-state index contributed by atoms with van der Waals surface area (Å²) in [6.07, 6.45) is 0.0470. The fourth-order valence-corrected chi connectivity index (χ4v) is 4.04. The van der Waals surface area contributed by atoms with Crippen LogP contribution in [0.15, 0.2) is 78.9 Å². The van der Waals surface area contributed by atoms with Crippen LogP contribution in [-0.2, 0) is 16.1 Å². The number of benzene rings is 3. The molecule has 6 heteroatoms. The molecule has 1 aromatic heterocycles. The van der Waals surface area contributed by atoms with Gasteiger partial charge in [-0.1, -0.05) is 60.2 Å². The van der Waals surface area contributed by atoms with Crippen molar-refractivity contribution in [1.82, 2.24) is 9.55 Å². The van der Waals surface area contributed by atoms with Crippen LogP contribution in [0.2, 0.25) is 0 Å². The molecule has 1 N–H and O–H groups in total. The highest BCUT2D eigenvalue weighted by Gasteiger charge is 2.40. The normalized spacial score (nSPS) is 15.3. The maximum absolute atomic E-state index is 13.4. The zero-order valence-electron chi connectivity index (χ0n) is 17.2. The molecule has 4 aromatic rings. The fourth-order valence-electron chi connectivity index (χ4n) is 4.04. The highest BCUT2D eigenvalue weighted by atomic mass is 16.2. The first kappa shape index (κ1) is 19.1. The largest absolute Gasteiger partial charge is 0.326 e. The van der Waals surface area contributed by atoms with E-state index >= 15 is 0 Å². The van der Waals surface area contributed by atoms with E-state index in [1.165, 1.54) is 0 Å². The van der Waals surface area contributed by atoms with E-state index in [-0.39, 0.29) is 18.2 Å². The molecular formula is C25H22N4O2. The van der Waals surface area contributed by atoms with Crippen molar-refractivity contribution in [3.63, 3.8) is 0 Å². The van der Waals surface area contributed by atoms with Crippen LogP contribution in [0.1, 0.15) is 23.6 Å². The van der Waals surface area contributed by atoms with Gasteiger partial charge in [-0.3, -0.25) is 19.1 Å². The first-order chi connectivity index (χ1) is 15.1. The Morgan fingerprint density at radius 1 is 0.968 bits per heavy atom. The summed E-state index contributed by atoms with van der Waals surface area (Å²) in [6, 6.07) is 24.5. The molecule has 0 saturated carbocycles. The van der Waals surface area contributed by atoms with Crippen LogP contribution in [0.3, 0.4) is 0 Å². The Kier molecular flexibility index (Phi) is 4.75. The molecule has 3 aromatic carbocycles. The second-order valence-electron chi connectivity index (χ2n) is 7.81. The lowest BCUT2D eigenvalue weighted by Crippen LogP contribution is -2.31. The monoisotopic (exact) mass is 410 g/mol. The van der Waals surface area contributed by atoms with Gasteiger partial charge in [-0.2, -0.15) is 0 Å². The molecule has 31 heavy (non-hydrogen) atoms. The van der Waals surface area contributed by atoms with Crippen molar-refractivity contribution in [2.24, 2.45) is 0 Å². The lowest BCUT2D eigenvalue weighted by molar-refractivity contribution is -0.124. The highest BCUT2D eigenvalue weighted by Crippen LogP contribution is 2.37. The van der Waals surface area contributed by atoms with Crippen molar-refractivity contribution >= 4 is 34.5 Å². The van der Waals surface area contributed by atoms with Crippen LogP contribution in [-0.4, -0.2) is 21.4 Å². The number of hydrogen-bond donors (Lipinski definition) is 1. The molecule has 0 fully saturated rings. The number of aromatic nitrogens is 2. The molecule has 1 aliphatic rings. The molecule has 2 heterocycles. The highest BCUT2D eigenvalue weighted by molar-refractivity contribution is 6.05. The van der Waals surface area contributed by atoms with Crippen LogP contribution in [0, 0.1) is 6.92 Å². The van der Waals surface area contributed by atoms with E-state index in [4.69, 9.17) is 4.98 Å². The van der Waals surface area contributed by atoms with Gasteiger partial charge >= 0.3 is 0 Å². The van der Waals surface area contributed by atoms with Crippen LogP contribution in [0.25, 0.3) is 11.0 Å². The molecule has 0 radical (unpaired) electrons. The molecule has 0 spiro atoms. The van der Waals surface area contributed by atoms with E-state index < -0.39 is 6.04 Å². The van der Waals surface area contributed by atoms with Gasteiger partial charge in [-0.05, 0) is 36.8 Å². The number of anilines is 2. The van der Waals surface area contributed by atoms with Gasteiger partial charge < -0.3 is 5.32 Å². The molecular weight excluding hydrogens is 388 g/mol. The maximum atomic E-state index is 13.4. The minimum atomic E-state index is -0.628. The molecule has 0 unspecified atom stereocenters. The third-order valence-electron chi connectivity index (χ3n) is 5.58. The summed E-state index contributed by atoms with van der Waals surface area (Å²) in [6.45, 7) is 2.41. The molecule has 0 aliphatic carbocycles. The van der Waals surface area contributed by atoms with Crippen LogP contribution >= 0.6 is 0 Å². The maximum Gasteiger partial charge on any atom is 0.253 e. The molecule has 154 valence electrons. The Labute approximate surface area is 180 Å². The van der Waals surface area contributed by atoms with E-state index in [9.17, 15) is 9.59 Å². The standard InChI is InChI=1S/C25H22N4O2/c1-17-11-13-19(14-12-17)26-23(30)15-22-24(31)28(16-18-7-3-2-4-8-18)25-27-20-9-5-6-10-21(20)29(22)25/h2-14,22H,15-16H2,1H3,(H,26,30)/t22-/m0/s1. The minimum absolute atomic E-state index is 0.0470. The summed E-state index contributed by atoms with van der Waals surface area (Å²) in [5, 5.41) is 2.91. The average Bonchev–Trinajstić information content (AvgIpc) is 3.27. The zero-order valence-corrected chi connectivity index (χ0v) is 17.2. The van der Waals surface area contributed by atoms with Gasteiger partial charge in [-0.25, -0.2) is 4.98 Å². The quantitative estimate of drug-likeness (QED) is 0.528. The molecule has 1 atom stereocenters. The van der Waals surface area contributed by atoms with Crippen LogP contribution in [0.5, 0.6) is 0 Å². The first-order valence-electron chi connectivity index (χ1n) is 10.3. The van der Waals surface area contributed by atoms with Crippen molar-refractivity contribution in [2.45, 2.75) is 25.9 Å². The summed E-state index contributed by atoms with van der Waals surface area (Å²) in [5.74, 6) is 0.270. The number of fused-ring (bicyclic) bond motifs is 3. The Bertz CT molecular complexity index is 1260. The Morgan fingerprint density at radius 3 is 2.45 bits per heavy atom. The minimum Gasteiger partial charge on any atom is -0.326 e. The number of imidazole rings is 1. The third-order valence-corrected chi connectivity index (χ3v) is 5.58. The third kappa shape index (κ3) is 3.57. The van der Waals surface area contributed by atoms with Gasteiger partial charge in [0.25, 0.3) is 5.91 Å². The van der Waals surface area contributed by atoms with E-state index in [1.54, 1.807) is 4.90 Å².